The third-order valence-electron chi connectivity index (χ3n) is 6.05. The van der Waals surface area contributed by atoms with Crippen molar-refractivity contribution in [1.29, 1.82) is 0 Å². The number of hydrogen-bond donors (Lipinski definition) is 1. The van der Waals surface area contributed by atoms with Gasteiger partial charge in [0.05, 0.1) is 6.54 Å². The number of amides is 4. The molecule has 1 atom stereocenters. The number of nitrogens with zero attached hydrogens (tertiary/aromatic N) is 4. The Morgan fingerprint density at radius 3 is 2.82 bits per heavy atom. The third kappa shape index (κ3) is 3.63. The predicted molar refractivity (Wildman–Crippen MR) is 115 cm³/mol. The van der Waals surface area contributed by atoms with Crippen molar-refractivity contribution in [3.63, 3.8) is 0 Å². The summed E-state index contributed by atoms with van der Waals surface area (Å²) < 4.78 is 5.42. The van der Waals surface area contributed by atoms with Gasteiger partial charge in [-0.25, -0.2) is 0 Å². The summed E-state index contributed by atoms with van der Waals surface area (Å²) in [5.74, 6) is -1.30. The number of aromatic nitrogens is 2. The maximum absolute atomic E-state index is 13.2. The first-order valence-electron chi connectivity index (χ1n) is 10.7. The molecule has 5 rings (SSSR count). The standard InChI is InChI=1S/C23H21N5O5/c1-2-13-5-3-6-14(11-13)20-25-18(33-26-20)12-27-10-4-7-15-19(27)23(32)28(22(15)31)16-8-9-17(29)24-21(16)30/h2-3,5-6,11,16H,1,4,7-10,12H2,(H,24,29,30). The quantitative estimate of drug-likeness (QED) is 0.682. The van der Waals surface area contributed by atoms with Gasteiger partial charge in [0.15, 0.2) is 0 Å². The third-order valence-corrected chi connectivity index (χ3v) is 6.05. The Balaban J connectivity index is 1.37. The summed E-state index contributed by atoms with van der Waals surface area (Å²) in [6, 6.07) is 6.55. The van der Waals surface area contributed by atoms with Crippen molar-refractivity contribution in [3.05, 3.63) is 53.6 Å². The second-order valence-corrected chi connectivity index (χ2v) is 8.14. The van der Waals surface area contributed by atoms with E-state index >= 15 is 0 Å². The van der Waals surface area contributed by atoms with E-state index in [1.54, 1.807) is 11.0 Å². The van der Waals surface area contributed by atoms with Crippen LogP contribution in [0.15, 0.2) is 46.6 Å². The predicted octanol–water partition coefficient (Wildman–Crippen LogP) is 1.40. The Morgan fingerprint density at radius 1 is 1.18 bits per heavy atom. The van der Waals surface area contributed by atoms with Crippen LogP contribution >= 0.6 is 0 Å². The van der Waals surface area contributed by atoms with E-state index in [4.69, 9.17) is 4.52 Å². The molecular weight excluding hydrogens is 426 g/mol. The zero-order chi connectivity index (χ0) is 23.1. The molecule has 0 aliphatic carbocycles. The number of carbonyl (C=O) groups excluding carboxylic acids is 4. The molecule has 1 aromatic carbocycles. The molecule has 10 heteroatoms. The smallest absolute Gasteiger partial charge is 0.278 e. The molecule has 0 bridgehead atoms. The first-order valence-corrected chi connectivity index (χ1v) is 10.7. The molecule has 2 aromatic rings. The minimum atomic E-state index is -0.984. The minimum Gasteiger partial charge on any atom is -0.357 e. The lowest BCUT2D eigenvalue weighted by Gasteiger charge is -2.29. The number of rotatable bonds is 5. The molecule has 3 aliphatic heterocycles. The summed E-state index contributed by atoms with van der Waals surface area (Å²) in [5.41, 5.74) is 2.35. The van der Waals surface area contributed by atoms with Crippen LogP contribution in [0.1, 0.15) is 37.1 Å². The Hall–Kier alpha value is -4.08. The van der Waals surface area contributed by atoms with Crippen LogP contribution in [0.4, 0.5) is 0 Å². The number of benzene rings is 1. The molecule has 1 aromatic heterocycles. The van der Waals surface area contributed by atoms with E-state index in [-0.39, 0.29) is 25.1 Å². The second-order valence-electron chi connectivity index (χ2n) is 8.14. The summed E-state index contributed by atoms with van der Waals surface area (Å²) in [7, 11) is 0. The summed E-state index contributed by atoms with van der Waals surface area (Å²) >= 11 is 0. The number of carbonyl (C=O) groups is 4. The molecule has 168 valence electrons. The monoisotopic (exact) mass is 447 g/mol. The molecule has 4 heterocycles. The van der Waals surface area contributed by atoms with E-state index in [1.165, 1.54) is 0 Å². The highest BCUT2D eigenvalue weighted by Crippen LogP contribution is 2.34. The average Bonchev–Trinajstić information content (AvgIpc) is 3.38. The molecule has 3 aliphatic rings. The highest BCUT2D eigenvalue weighted by Gasteiger charge is 2.48. The molecular formula is C23H21N5O5. The first-order chi connectivity index (χ1) is 16.0. The number of nitrogens with one attached hydrogen (secondary N) is 1. The Kier molecular flexibility index (Phi) is 5.12. The fourth-order valence-corrected chi connectivity index (χ4v) is 4.47. The lowest BCUT2D eigenvalue weighted by atomic mass is 10.0. The van der Waals surface area contributed by atoms with Crippen molar-refractivity contribution >= 4 is 29.7 Å². The van der Waals surface area contributed by atoms with Gasteiger partial charge in [-0.05, 0) is 30.9 Å². The van der Waals surface area contributed by atoms with E-state index in [0.717, 1.165) is 16.0 Å². The maximum Gasteiger partial charge on any atom is 0.278 e. The summed E-state index contributed by atoms with van der Waals surface area (Å²) in [5, 5.41) is 6.25. The average molecular weight is 447 g/mol. The van der Waals surface area contributed by atoms with Gasteiger partial charge in [-0.1, -0.05) is 36.0 Å². The Bertz CT molecular complexity index is 1230. The molecule has 33 heavy (non-hydrogen) atoms. The minimum absolute atomic E-state index is 0.0830. The van der Waals surface area contributed by atoms with Crippen molar-refractivity contribution in [2.75, 3.05) is 6.54 Å². The molecule has 0 saturated carbocycles. The van der Waals surface area contributed by atoms with Gasteiger partial charge in [-0.3, -0.25) is 29.4 Å². The van der Waals surface area contributed by atoms with Crippen LogP contribution in [0.25, 0.3) is 17.5 Å². The van der Waals surface area contributed by atoms with Crippen molar-refractivity contribution in [1.82, 2.24) is 25.3 Å². The van der Waals surface area contributed by atoms with Gasteiger partial charge in [0.1, 0.15) is 11.7 Å². The first kappa shape index (κ1) is 20.8. The van der Waals surface area contributed by atoms with Crippen molar-refractivity contribution in [2.45, 2.75) is 38.3 Å². The summed E-state index contributed by atoms with van der Waals surface area (Å²) in [6.07, 6.45) is 3.05. The van der Waals surface area contributed by atoms with Crippen LogP contribution in [-0.4, -0.2) is 56.2 Å². The normalized spacial score (nSPS) is 20.9. The zero-order valence-electron chi connectivity index (χ0n) is 17.7. The molecule has 10 nitrogen and oxygen atoms in total. The molecule has 4 amide bonds. The van der Waals surface area contributed by atoms with Gasteiger partial charge in [-0.2, -0.15) is 4.98 Å². The molecule has 1 saturated heterocycles. The Labute approximate surface area is 188 Å². The SMILES string of the molecule is C=Cc1cccc(-c2noc(CN3CCCC4=C3C(=O)N(C3CCC(=O)NC3=O)C4=O)n2)c1. The summed E-state index contributed by atoms with van der Waals surface area (Å²) in [6.45, 7) is 4.45. The fraction of sp³-hybridized carbons (Fsp3) is 0.304. The highest BCUT2D eigenvalue weighted by molar-refractivity contribution is 6.21. The molecule has 0 spiro atoms. The molecule has 0 radical (unpaired) electrons. The van der Waals surface area contributed by atoms with Gasteiger partial charge < -0.3 is 9.42 Å². The van der Waals surface area contributed by atoms with Crippen LogP contribution in [0.5, 0.6) is 0 Å². The molecule has 1 fully saturated rings. The zero-order valence-corrected chi connectivity index (χ0v) is 17.7. The van der Waals surface area contributed by atoms with E-state index in [1.807, 2.05) is 24.3 Å². The van der Waals surface area contributed by atoms with Gasteiger partial charge in [0, 0.05) is 24.1 Å². The van der Waals surface area contributed by atoms with Crippen molar-refractivity contribution in [2.24, 2.45) is 0 Å². The lowest BCUT2D eigenvalue weighted by Crippen LogP contribution is -2.55. The van der Waals surface area contributed by atoms with Gasteiger partial charge >= 0.3 is 0 Å². The van der Waals surface area contributed by atoms with Crippen LogP contribution in [0.3, 0.4) is 0 Å². The van der Waals surface area contributed by atoms with Crippen LogP contribution < -0.4 is 5.32 Å². The van der Waals surface area contributed by atoms with E-state index in [9.17, 15) is 19.2 Å². The van der Waals surface area contributed by atoms with E-state index in [0.29, 0.717) is 36.7 Å². The molecule has 1 unspecified atom stereocenters. The largest absolute Gasteiger partial charge is 0.357 e. The van der Waals surface area contributed by atoms with Crippen molar-refractivity contribution < 1.29 is 23.7 Å². The number of piperidine rings is 1. The van der Waals surface area contributed by atoms with Crippen molar-refractivity contribution in [3.8, 4) is 11.4 Å². The van der Waals surface area contributed by atoms with Crippen LogP contribution in [0.2, 0.25) is 0 Å². The Morgan fingerprint density at radius 2 is 2.03 bits per heavy atom. The van der Waals surface area contributed by atoms with E-state index in [2.05, 4.69) is 22.0 Å². The van der Waals surface area contributed by atoms with Crippen LogP contribution in [0, 0.1) is 0 Å². The lowest BCUT2D eigenvalue weighted by molar-refractivity contribution is -0.150. The second kappa shape index (κ2) is 8.12. The number of imide groups is 2. The highest BCUT2D eigenvalue weighted by atomic mass is 16.5. The molecule has 1 N–H and O–H groups in total. The topological polar surface area (TPSA) is 126 Å². The maximum atomic E-state index is 13.2. The van der Waals surface area contributed by atoms with Gasteiger partial charge in [0.2, 0.25) is 23.5 Å². The van der Waals surface area contributed by atoms with Crippen LogP contribution in [-0.2, 0) is 25.7 Å². The van der Waals surface area contributed by atoms with Gasteiger partial charge in [0.25, 0.3) is 11.8 Å². The van der Waals surface area contributed by atoms with Gasteiger partial charge in [-0.15, -0.1) is 0 Å². The number of hydrogen-bond acceptors (Lipinski definition) is 8. The fourth-order valence-electron chi connectivity index (χ4n) is 4.47. The summed E-state index contributed by atoms with van der Waals surface area (Å²) in [4.78, 5) is 57.2. The van der Waals surface area contributed by atoms with E-state index < -0.39 is 29.7 Å².